The third-order valence-electron chi connectivity index (χ3n) is 4.25. The van der Waals surface area contributed by atoms with Crippen LogP contribution < -0.4 is 20.7 Å². The molecule has 3 heterocycles. The lowest BCUT2D eigenvalue weighted by atomic mass is 10.2. The number of aryl methyl sites for hydroxylation is 3. The molecular weight excluding hydrogens is 410 g/mol. The molecule has 32 heavy (non-hydrogen) atoms. The third kappa shape index (κ3) is 5.33. The number of hydrogen-bond donors (Lipinski definition) is 4. The largest absolute Gasteiger partial charge is 0.424 e. The average molecular weight is 431 g/mol. The van der Waals surface area contributed by atoms with Gasteiger partial charge in [0, 0.05) is 29.2 Å². The van der Waals surface area contributed by atoms with Crippen molar-refractivity contribution in [1.29, 1.82) is 0 Å². The van der Waals surface area contributed by atoms with Gasteiger partial charge in [0.05, 0.1) is 18.1 Å². The molecule has 0 spiro atoms. The summed E-state index contributed by atoms with van der Waals surface area (Å²) in [5.41, 5.74) is 3.57. The van der Waals surface area contributed by atoms with E-state index in [-0.39, 0.29) is 6.01 Å². The number of aromatic nitrogens is 6. The highest BCUT2D eigenvalue weighted by molar-refractivity contribution is 5.99. The normalized spacial score (nSPS) is 10.5. The van der Waals surface area contributed by atoms with Crippen LogP contribution in [0.1, 0.15) is 17.0 Å². The number of aromatic amines is 1. The van der Waals surface area contributed by atoms with Crippen molar-refractivity contribution in [2.75, 3.05) is 16.0 Å². The molecule has 4 N–H and O–H groups in total. The van der Waals surface area contributed by atoms with Crippen molar-refractivity contribution < 1.29 is 9.53 Å². The summed E-state index contributed by atoms with van der Waals surface area (Å²) >= 11 is 0. The summed E-state index contributed by atoms with van der Waals surface area (Å²) in [6, 6.07) is 8.72. The predicted molar refractivity (Wildman–Crippen MR) is 119 cm³/mol. The fraction of sp³-hybridized carbons (Fsp3) is 0.143. The Morgan fingerprint density at radius 1 is 0.938 bits per heavy atom. The summed E-state index contributed by atoms with van der Waals surface area (Å²) in [6.45, 7) is 5.63. The van der Waals surface area contributed by atoms with Crippen LogP contribution in [0.15, 0.2) is 49.1 Å². The molecule has 0 aliphatic heterocycles. The number of amides is 2. The Morgan fingerprint density at radius 2 is 1.72 bits per heavy atom. The fourth-order valence-corrected chi connectivity index (χ4v) is 2.86. The Bertz CT molecular complexity index is 1240. The SMILES string of the molecule is Cc1cc(Nc2cc(C)[nH]n2)nc(Oc2ccc(NC(=O)Nc3cncnc3)cc2C)n1. The first-order chi connectivity index (χ1) is 15.4. The maximum absolute atomic E-state index is 12.2. The Balaban J connectivity index is 1.44. The number of nitrogens with one attached hydrogen (secondary N) is 4. The molecule has 0 unspecified atom stereocenters. The van der Waals surface area contributed by atoms with Crippen LogP contribution in [0.2, 0.25) is 0 Å². The van der Waals surface area contributed by atoms with Crippen molar-refractivity contribution in [3.8, 4) is 11.8 Å². The molecule has 0 aliphatic rings. The van der Waals surface area contributed by atoms with E-state index in [4.69, 9.17) is 4.74 Å². The van der Waals surface area contributed by atoms with E-state index in [2.05, 4.69) is 46.1 Å². The van der Waals surface area contributed by atoms with Crippen LogP contribution >= 0.6 is 0 Å². The zero-order valence-corrected chi connectivity index (χ0v) is 17.7. The molecule has 11 heteroatoms. The zero-order chi connectivity index (χ0) is 22.5. The van der Waals surface area contributed by atoms with Crippen LogP contribution in [-0.2, 0) is 0 Å². The molecule has 2 amide bonds. The first-order valence-electron chi connectivity index (χ1n) is 9.71. The Labute approximate surface area is 183 Å². The number of H-pyrrole nitrogens is 1. The van der Waals surface area contributed by atoms with Gasteiger partial charge in [0.1, 0.15) is 17.9 Å². The summed E-state index contributed by atoms with van der Waals surface area (Å²) in [4.78, 5) is 28.6. The maximum atomic E-state index is 12.2. The number of anilines is 4. The van der Waals surface area contributed by atoms with Gasteiger partial charge >= 0.3 is 12.0 Å². The number of benzene rings is 1. The van der Waals surface area contributed by atoms with Gasteiger partial charge in [0.2, 0.25) is 0 Å². The molecule has 0 atom stereocenters. The van der Waals surface area contributed by atoms with Crippen molar-refractivity contribution in [3.05, 3.63) is 66.0 Å². The molecule has 0 fully saturated rings. The van der Waals surface area contributed by atoms with Gasteiger partial charge in [-0.3, -0.25) is 5.10 Å². The molecule has 11 nitrogen and oxygen atoms in total. The van der Waals surface area contributed by atoms with Gasteiger partial charge in [0.15, 0.2) is 5.82 Å². The molecule has 0 aliphatic carbocycles. The summed E-state index contributed by atoms with van der Waals surface area (Å²) in [5, 5.41) is 15.5. The van der Waals surface area contributed by atoms with Crippen molar-refractivity contribution >= 4 is 29.0 Å². The number of urea groups is 1. The zero-order valence-electron chi connectivity index (χ0n) is 17.7. The minimum atomic E-state index is -0.404. The van der Waals surface area contributed by atoms with Crippen LogP contribution in [-0.4, -0.2) is 36.2 Å². The van der Waals surface area contributed by atoms with E-state index in [1.165, 1.54) is 18.7 Å². The van der Waals surface area contributed by atoms with Gasteiger partial charge in [-0.05, 0) is 44.5 Å². The Kier molecular flexibility index (Phi) is 5.88. The van der Waals surface area contributed by atoms with Crippen LogP contribution in [0.3, 0.4) is 0 Å². The molecule has 0 saturated heterocycles. The van der Waals surface area contributed by atoms with E-state index in [1.807, 2.05) is 26.8 Å². The Morgan fingerprint density at radius 3 is 2.44 bits per heavy atom. The number of nitrogens with zero attached hydrogens (tertiary/aromatic N) is 5. The average Bonchev–Trinajstić information content (AvgIpc) is 3.15. The topological polar surface area (TPSA) is 143 Å². The minimum Gasteiger partial charge on any atom is -0.424 e. The van der Waals surface area contributed by atoms with Gasteiger partial charge in [-0.15, -0.1) is 0 Å². The summed E-state index contributed by atoms with van der Waals surface area (Å²) < 4.78 is 5.89. The first-order valence-corrected chi connectivity index (χ1v) is 9.71. The molecule has 162 valence electrons. The summed E-state index contributed by atoms with van der Waals surface area (Å²) in [5.74, 6) is 1.79. The summed E-state index contributed by atoms with van der Waals surface area (Å²) in [6.07, 6.45) is 4.40. The quantitative estimate of drug-likeness (QED) is 0.357. The van der Waals surface area contributed by atoms with Crippen molar-refractivity contribution in [1.82, 2.24) is 30.1 Å². The van der Waals surface area contributed by atoms with Crippen LogP contribution in [0.25, 0.3) is 0 Å². The third-order valence-corrected chi connectivity index (χ3v) is 4.25. The fourth-order valence-electron chi connectivity index (χ4n) is 2.86. The highest BCUT2D eigenvalue weighted by atomic mass is 16.5. The number of hydrogen-bond acceptors (Lipinski definition) is 8. The smallest absolute Gasteiger partial charge is 0.324 e. The van der Waals surface area contributed by atoms with Crippen molar-refractivity contribution in [2.24, 2.45) is 0 Å². The number of carbonyl (C=O) groups is 1. The molecule has 0 saturated carbocycles. The first kappa shape index (κ1) is 20.7. The molecule has 1 aromatic carbocycles. The van der Waals surface area contributed by atoms with Gasteiger partial charge in [-0.25, -0.2) is 19.7 Å². The molecule has 3 aromatic heterocycles. The van der Waals surface area contributed by atoms with Crippen molar-refractivity contribution in [2.45, 2.75) is 20.8 Å². The van der Waals surface area contributed by atoms with E-state index >= 15 is 0 Å². The van der Waals surface area contributed by atoms with Crippen LogP contribution in [0.4, 0.5) is 27.8 Å². The number of ether oxygens (including phenoxy) is 1. The van der Waals surface area contributed by atoms with E-state index in [9.17, 15) is 4.79 Å². The molecule has 4 aromatic rings. The monoisotopic (exact) mass is 431 g/mol. The second kappa shape index (κ2) is 9.08. The minimum absolute atomic E-state index is 0.199. The summed E-state index contributed by atoms with van der Waals surface area (Å²) in [7, 11) is 0. The number of rotatable bonds is 6. The van der Waals surface area contributed by atoms with Crippen LogP contribution in [0, 0.1) is 20.8 Å². The molecule has 4 rings (SSSR count). The standard InChI is InChI=1S/C21H21N9O2/c1-12-6-15(25-20(31)26-16-9-22-11-23-10-16)4-5-17(12)32-21-24-13(2)7-18(28-21)27-19-8-14(3)29-30-19/h4-11H,1-3H3,(H2,25,26,31)(H2,24,27,28,29,30). The Hall–Kier alpha value is -4.54. The number of carbonyl (C=O) groups excluding carboxylic acids is 1. The van der Waals surface area contributed by atoms with Crippen LogP contribution in [0.5, 0.6) is 11.8 Å². The highest BCUT2D eigenvalue weighted by Crippen LogP contribution is 2.27. The van der Waals surface area contributed by atoms with E-state index in [1.54, 1.807) is 24.3 Å². The molecule has 0 radical (unpaired) electrons. The second-order valence-corrected chi connectivity index (χ2v) is 7.03. The van der Waals surface area contributed by atoms with Crippen molar-refractivity contribution in [3.63, 3.8) is 0 Å². The second-order valence-electron chi connectivity index (χ2n) is 7.03. The molecular formula is C21H21N9O2. The molecule has 0 bridgehead atoms. The van der Waals surface area contributed by atoms with E-state index < -0.39 is 6.03 Å². The van der Waals surface area contributed by atoms with Gasteiger partial charge in [0.25, 0.3) is 0 Å². The lowest BCUT2D eigenvalue weighted by Crippen LogP contribution is -2.19. The van der Waals surface area contributed by atoms with Gasteiger partial charge < -0.3 is 20.7 Å². The maximum Gasteiger partial charge on any atom is 0.324 e. The highest BCUT2D eigenvalue weighted by Gasteiger charge is 2.10. The van der Waals surface area contributed by atoms with Gasteiger partial charge in [-0.1, -0.05) is 0 Å². The van der Waals surface area contributed by atoms with Gasteiger partial charge in [-0.2, -0.15) is 10.1 Å². The lowest BCUT2D eigenvalue weighted by Gasteiger charge is -2.12. The van der Waals surface area contributed by atoms with E-state index in [0.717, 1.165) is 17.0 Å². The predicted octanol–water partition coefficient (Wildman–Crippen LogP) is 4.09. The lowest BCUT2D eigenvalue weighted by molar-refractivity contribution is 0.262. The van der Waals surface area contributed by atoms with E-state index in [0.29, 0.717) is 28.8 Å².